The molecule has 0 aliphatic heterocycles. The second-order valence-corrected chi connectivity index (χ2v) is 5.60. The maximum absolute atomic E-state index is 13.3. The van der Waals surface area contributed by atoms with Crippen LogP contribution in [-0.4, -0.2) is 11.2 Å². The lowest BCUT2D eigenvalue weighted by Crippen LogP contribution is -2.24. The number of hydrogen-bond donors (Lipinski definition) is 1. The fourth-order valence-electron chi connectivity index (χ4n) is 2.89. The summed E-state index contributed by atoms with van der Waals surface area (Å²) in [7, 11) is 0. The van der Waals surface area contributed by atoms with Gasteiger partial charge in [-0.2, -0.15) is 0 Å². The van der Waals surface area contributed by atoms with E-state index in [0.717, 1.165) is 24.8 Å². The van der Waals surface area contributed by atoms with Crippen LogP contribution in [0.5, 0.6) is 5.75 Å². The Morgan fingerprint density at radius 3 is 2.81 bits per heavy atom. The summed E-state index contributed by atoms with van der Waals surface area (Å²) in [5, 5.41) is 10.6. The van der Waals surface area contributed by atoms with Gasteiger partial charge in [-0.25, -0.2) is 4.39 Å². The molecule has 1 N–H and O–H groups in total. The van der Waals surface area contributed by atoms with Crippen LogP contribution in [0.1, 0.15) is 35.6 Å². The molecule has 0 radical (unpaired) electrons. The van der Waals surface area contributed by atoms with Crippen LogP contribution in [0.25, 0.3) is 0 Å². The van der Waals surface area contributed by atoms with E-state index in [1.54, 1.807) is 19.1 Å². The van der Waals surface area contributed by atoms with Crippen LogP contribution < -0.4 is 4.74 Å². The van der Waals surface area contributed by atoms with Crippen molar-refractivity contribution in [2.75, 3.05) is 0 Å². The first-order valence-electron chi connectivity index (χ1n) is 7.34. The largest absolute Gasteiger partial charge is 0.487 e. The molecule has 2 aromatic rings. The van der Waals surface area contributed by atoms with Crippen molar-refractivity contribution in [2.45, 2.75) is 38.4 Å². The Labute approximate surface area is 124 Å². The second-order valence-electron chi connectivity index (χ2n) is 5.60. The normalized spacial score (nSPS) is 21.5. The molecule has 21 heavy (non-hydrogen) atoms. The molecule has 0 spiro atoms. The van der Waals surface area contributed by atoms with Crippen LogP contribution in [0, 0.1) is 12.7 Å². The van der Waals surface area contributed by atoms with E-state index in [-0.39, 0.29) is 11.9 Å². The van der Waals surface area contributed by atoms with Gasteiger partial charge in [0.05, 0.1) is 0 Å². The zero-order valence-electron chi connectivity index (χ0n) is 12.1. The summed E-state index contributed by atoms with van der Waals surface area (Å²) in [5.41, 5.74) is 2.68. The average Bonchev–Trinajstić information content (AvgIpc) is 2.64. The van der Waals surface area contributed by atoms with Crippen molar-refractivity contribution < 1.29 is 14.2 Å². The first-order valence-corrected chi connectivity index (χ1v) is 7.34. The quantitative estimate of drug-likeness (QED) is 0.847. The maximum Gasteiger partial charge on any atom is 0.129 e. The Morgan fingerprint density at radius 2 is 2.00 bits per heavy atom. The number of halogens is 1. The molecule has 2 atom stereocenters. The first-order chi connectivity index (χ1) is 10.1. The predicted octanol–water partition coefficient (Wildman–Crippen LogP) is 3.95. The summed E-state index contributed by atoms with van der Waals surface area (Å²) in [4.78, 5) is 0. The Hall–Kier alpha value is -1.87. The third kappa shape index (κ3) is 2.93. The highest BCUT2D eigenvalue weighted by Gasteiger charge is 2.27. The van der Waals surface area contributed by atoms with E-state index < -0.39 is 6.10 Å². The highest BCUT2D eigenvalue weighted by molar-refractivity contribution is 5.33. The minimum absolute atomic E-state index is 0.242. The second kappa shape index (κ2) is 5.86. The fraction of sp³-hybridized carbons (Fsp3) is 0.333. The summed E-state index contributed by atoms with van der Waals surface area (Å²) >= 11 is 0. The topological polar surface area (TPSA) is 29.5 Å². The molecule has 0 heterocycles. The van der Waals surface area contributed by atoms with Gasteiger partial charge in [-0.3, -0.25) is 0 Å². The van der Waals surface area contributed by atoms with E-state index in [4.69, 9.17) is 4.74 Å². The smallest absolute Gasteiger partial charge is 0.129 e. The van der Waals surface area contributed by atoms with Gasteiger partial charge in [0.25, 0.3) is 0 Å². The number of rotatable bonds is 2. The van der Waals surface area contributed by atoms with Gasteiger partial charge in [-0.15, -0.1) is 0 Å². The predicted molar refractivity (Wildman–Crippen MR) is 79.9 cm³/mol. The molecule has 0 aromatic heterocycles. The number of aliphatic hydroxyl groups excluding tert-OH is 1. The van der Waals surface area contributed by atoms with Gasteiger partial charge in [-0.1, -0.05) is 24.3 Å². The van der Waals surface area contributed by atoms with E-state index in [9.17, 15) is 9.50 Å². The van der Waals surface area contributed by atoms with Crippen LogP contribution >= 0.6 is 0 Å². The van der Waals surface area contributed by atoms with Crippen molar-refractivity contribution in [3.63, 3.8) is 0 Å². The van der Waals surface area contributed by atoms with Crippen LogP contribution in [0.15, 0.2) is 42.5 Å². The zero-order valence-corrected chi connectivity index (χ0v) is 12.1. The molecule has 3 heteroatoms. The lowest BCUT2D eigenvalue weighted by Gasteiger charge is -2.23. The minimum atomic E-state index is -0.644. The number of benzene rings is 2. The van der Waals surface area contributed by atoms with Crippen molar-refractivity contribution in [3.8, 4) is 5.75 Å². The van der Waals surface area contributed by atoms with E-state index in [1.165, 1.54) is 11.6 Å². The van der Waals surface area contributed by atoms with Gasteiger partial charge in [-0.05, 0) is 61.1 Å². The molecule has 0 amide bonds. The molecule has 0 saturated carbocycles. The lowest BCUT2D eigenvalue weighted by molar-refractivity contribution is 0.0320. The summed E-state index contributed by atoms with van der Waals surface area (Å²) < 4.78 is 19.2. The van der Waals surface area contributed by atoms with Gasteiger partial charge in [0.15, 0.2) is 0 Å². The first kappa shape index (κ1) is 14.1. The lowest BCUT2D eigenvalue weighted by atomic mass is 10.0. The summed E-state index contributed by atoms with van der Waals surface area (Å²) in [6, 6.07) is 12.6. The Kier molecular flexibility index (Phi) is 3.93. The van der Waals surface area contributed by atoms with Crippen molar-refractivity contribution >= 4 is 0 Å². The molecule has 2 aromatic carbocycles. The standard InChI is InChI=1S/C18H19FO2/c1-12-11-14(9-10-16(12)19)21-17-8-4-6-13-5-2-3-7-15(13)18(17)20/h2-3,5,7,9-11,17-18,20H,4,6,8H2,1H3. The third-order valence-electron chi connectivity index (χ3n) is 4.08. The van der Waals surface area contributed by atoms with Crippen LogP contribution in [0.4, 0.5) is 4.39 Å². The molecule has 2 nitrogen and oxygen atoms in total. The van der Waals surface area contributed by atoms with Gasteiger partial charge >= 0.3 is 0 Å². The molecular formula is C18H19FO2. The van der Waals surface area contributed by atoms with Gasteiger partial charge < -0.3 is 9.84 Å². The Balaban J connectivity index is 1.84. The zero-order chi connectivity index (χ0) is 14.8. The highest BCUT2D eigenvalue weighted by Crippen LogP contribution is 2.31. The Morgan fingerprint density at radius 1 is 1.19 bits per heavy atom. The van der Waals surface area contributed by atoms with E-state index in [2.05, 4.69) is 6.07 Å². The molecule has 1 aliphatic rings. The van der Waals surface area contributed by atoms with E-state index in [0.29, 0.717) is 11.3 Å². The number of aliphatic hydroxyl groups is 1. The summed E-state index contributed by atoms with van der Waals surface area (Å²) in [6.07, 6.45) is 1.77. The fourth-order valence-corrected chi connectivity index (χ4v) is 2.89. The minimum Gasteiger partial charge on any atom is -0.487 e. The molecule has 0 saturated heterocycles. The third-order valence-corrected chi connectivity index (χ3v) is 4.08. The van der Waals surface area contributed by atoms with Crippen LogP contribution in [0.3, 0.4) is 0 Å². The maximum atomic E-state index is 13.3. The van der Waals surface area contributed by atoms with Gasteiger partial charge in [0, 0.05) is 0 Å². The highest BCUT2D eigenvalue weighted by atomic mass is 19.1. The molecule has 3 rings (SSSR count). The molecule has 1 aliphatic carbocycles. The monoisotopic (exact) mass is 286 g/mol. The summed E-state index contributed by atoms with van der Waals surface area (Å²) in [5.74, 6) is 0.367. The molecule has 0 bridgehead atoms. The number of hydrogen-bond acceptors (Lipinski definition) is 2. The Bertz CT molecular complexity index is 639. The van der Waals surface area contributed by atoms with Crippen LogP contribution in [0.2, 0.25) is 0 Å². The van der Waals surface area contributed by atoms with Crippen molar-refractivity contribution in [3.05, 3.63) is 65.0 Å². The van der Waals surface area contributed by atoms with Gasteiger partial charge in [0.1, 0.15) is 23.8 Å². The van der Waals surface area contributed by atoms with Crippen molar-refractivity contribution in [1.29, 1.82) is 0 Å². The SMILES string of the molecule is Cc1cc(OC2CCCc3ccccc3C2O)ccc1F. The molecule has 0 fully saturated rings. The number of aryl methyl sites for hydroxylation is 2. The number of ether oxygens (including phenoxy) is 1. The van der Waals surface area contributed by atoms with Crippen molar-refractivity contribution in [2.24, 2.45) is 0 Å². The number of fused-ring (bicyclic) bond motifs is 1. The molecular weight excluding hydrogens is 267 g/mol. The van der Waals surface area contributed by atoms with Crippen molar-refractivity contribution in [1.82, 2.24) is 0 Å². The van der Waals surface area contributed by atoms with Crippen LogP contribution in [-0.2, 0) is 6.42 Å². The molecule has 2 unspecified atom stereocenters. The van der Waals surface area contributed by atoms with E-state index >= 15 is 0 Å². The summed E-state index contributed by atoms with van der Waals surface area (Å²) in [6.45, 7) is 1.71. The molecule has 110 valence electrons. The van der Waals surface area contributed by atoms with Gasteiger partial charge in [0.2, 0.25) is 0 Å². The van der Waals surface area contributed by atoms with E-state index in [1.807, 2.05) is 18.2 Å². The average molecular weight is 286 g/mol.